The molecule has 9 aromatic heterocycles. The van der Waals surface area contributed by atoms with Crippen LogP contribution in [0.1, 0.15) is 33.4 Å². The Hall–Kier alpha value is -20.6. The van der Waals surface area contributed by atoms with Crippen molar-refractivity contribution >= 4 is 207 Å². The molecule has 29 rings (SSSR count). The van der Waals surface area contributed by atoms with E-state index in [0.29, 0.717) is 66.9 Å². The average Bonchev–Trinajstić information content (AvgIpc) is 1.57. The van der Waals surface area contributed by atoms with Crippen LogP contribution in [0.25, 0.3) is 252 Å². The zero-order valence-corrected chi connectivity index (χ0v) is 75.5. The summed E-state index contributed by atoms with van der Waals surface area (Å²) >= 11 is 0. The summed E-state index contributed by atoms with van der Waals surface area (Å²) in [7, 11) is 0. The van der Waals surface area contributed by atoms with Gasteiger partial charge in [-0.3, -0.25) is 13.7 Å². The lowest BCUT2D eigenvalue weighted by Crippen LogP contribution is -2.04. The first-order chi connectivity index (χ1) is 70.2. The van der Waals surface area contributed by atoms with Crippen LogP contribution < -0.4 is 0 Å². The van der Waals surface area contributed by atoms with Crippen LogP contribution in [0.15, 0.2) is 419 Å². The van der Waals surface area contributed by atoms with Crippen LogP contribution in [0, 0.1) is 68.0 Å². The minimum absolute atomic E-state index is 0.268. The van der Waals surface area contributed by atoms with Gasteiger partial charge < -0.3 is 13.7 Å². The zero-order valence-electron chi connectivity index (χ0n) is 75.5. The Kier molecular flexibility index (Phi) is 18.3. The van der Waals surface area contributed by atoms with Crippen molar-refractivity contribution in [2.24, 2.45) is 0 Å². The highest BCUT2D eigenvalue weighted by Gasteiger charge is 2.29. The van der Waals surface area contributed by atoms with Crippen molar-refractivity contribution in [3.63, 3.8) is 0 Å². The van der Waals surface area contributed by atoms with E-state index in [1.165, 1.54) is 81.4 Å². The first-order valence-corrected chi connectivity index (χ1v) is 46.8. The summed E-state index contributed by atoms with van der Waals surface area (Å²) in [4.78, 5) is 14.9. The lowest BCUT2D eigenvalue weighted by molar-refractivity contribution is 1.09. The van der Waals surface area contributed by atoms with Gasteiger partial charge in [-0.25, -0.2) is 15.0 Å². The van der Waals surface area contributed by atoms with Gasteiger partial charge in [0, 0.05) is 97.9 Å². The number of benzene rings is 20. The Morgan fingerprint density at radius 2 is 0.415 bits per heavy atom. The van der Waals surface area contributed by atoms with E-state index in [2.05, 4.69) is 353 Å². The average molecular weight is 1810 g/mol. The molecule has 0 N–H and O–H groups in total. The molecule has 0 fully saturated rings. The number of rotatable bonds is 7. The molecule has 0 radical (unpaired) electrons. The van der Waals surface area contributed by atoms with Gasteiger partial charge in [0.15, 0.2) is 17.5 Å². The summed E-state index contributed by atoms with van der Waals surface area (Å²) in [5.41, 5.74) is 22.0. The van der Waals surface area contributed by atoms with Crippen molar-refractivity contribution in [1.29, 1.82) is 31.6 Å². The van der Waals surface area contributed by atoms with Gasteiger partial charge in [0.05, 0.1) is 99.4 Å². The summed E-state index contributed by atoms with van der Waals surface area (Å²) < 4.78 is 13.2. The molecule has 15 nitrogen and oxygen atoms in total. The summed E-state index contributed by atoms with van der Waals surface area (Å²) in [6.07, 6.45) is 0. The largest absolute Gasteiger partial charge is 0.309 e. The molecule has 0 aliphatic heterocycles. The van der Waals surface area contributed by atoms with E-state index < -0.39 is 0 Å². The van der Waals surface area contributed by atoms with Crippen molar-refractivity contribution in [2.45, 2.75) is 0 Å². The number of fused-ring (bicyclic) bond motifs is 29. The van der Waals surface area contributed by atoms with E-state index in [1.54, 1.807) is 0 Å². The number of hydrogen-bond donors (Lipinski definition) is 0. The van der Waals surface area contributed by atoms with Crippen LogP contribution in [0.2, 0.25) is 0 Å². The molecule has 29 aromatic rings. The van der Waals surface area contributed by atoms with Gasteiger partial charge >= 0.3 is 0 Å². The molecule has 0 aliphatic rings. The maximum absolute atomic E-state index is 10.4. The monoisotopic (exact) mass is 1800 g/mol. The summed E-state index contributed by atoms with van der Waals surface area (Å²) in [6.45, 7) is 0. The highest BCUT2D eigenvalue weighted by molar-refractivity contribution is 6.27. The van der Waals surface area contributed by atoms with Gasteiger partial charge in [0.2, 0.25) is 0 Å². The van der Waals surface area contributed by atoms with E-state index in [9.17, 15) is 31.6 Å². The second kappa shape index (κ2) is 32.1. The van der Waals surface area contributed by atoms with Gasteiger partial charge in [-0.05, 0) is 188 Å². The molecule has 0 saturated carbocycles. The molecule has 0 amide bonds. The molecule has 0 saturated heterocycles. The lowest BCUT2D eigenvalue weighted by Gasteiger charge is -2.13. The van der Waals surface area contributed by atoms with Gasteiger partial charge in [0.25, 0.3) is 0 Å². The van der Waals surface area contributed by atoms with Gasteiger partial charge in [-0.2, -0.15) is 31.6 Å². The molecule has 20 aromatic carbocycles. The molecule has 0 unspecified atom stereocenters. The number of nitriles is 6. The number of para-hydroxylation sites is 10. The molecular formula is C127H69N15. The van der Waals surface area contributed by atoms with Crippen LogP contribution in [-0.2, 0) is 0 Å². The topological polar surface area (TPSA) is 211 Å². The van der Waals surface area contributed by atoms with Crippen molar-refractivity contribution in [1.82, 2.24) is 42.4 Å². The van der Waals surface area contributed by atoms with E-state index in [-0.39, 0.29) is 16.7 Å². The fourth-order valence-corrected chi connectivity index (χ4v) is 22.5. The van der Waals surface area contributed by atoms with Crippen molar-refractivity contribution in [3.8, 4) is 82.1 Å². The molecular weight excluding hydrogens is 1740 g/mol. The zero-order chi connectivity index (χ0) is 94.6. The number of hydrogen-bond acceptors (Lipinski definition) is 9. The molecule has 15 heteroatoms. The van der Waals surface area contributed by atoms with Crippen molar-refractivity contribution in [2.75, 3.05) is 0 Å². The molecule has 652 valence electrons. The Labute approximate surface area is 809 Å². The Morgan fingerprint density at radius 3 is 0.831 bits per heavy atom. The quantitative estimate of drug-likeness (QED) is 0.148. The normalized spacial score (nSPS) is 11.6. The third kappa shape index (κ3) is 12.1. The fraction of sp³-hybridized carbons (Fsp3) is 0. The fourth-order valence-electron chi connectivity index (χ4n) is 22.5. The second-order valence-electron chi connectivity index (χ2n) is 35.8. The highest BCUT2D eigenvalue weighted by Crippen LogP contribution is 2.48. The minimum Gasteiger partial charge on any atom is -0.309 e. The van der Waals surface area contributed by atoms with Crippen molar-refractivity contribution in [3.05, 3.63) is 452 Å². The minimum atomic E-state index is 0.268. The highest BCUT2D eigenvalue weighted by atomic mass is 15.1. The Morgan fingerprint density at radius 1 is 0.155 bits per heavy atom. The number of pyridine rings is 3. The first kappa shape index (κ1) is 81.0. The molecule has 0 aliphatic carbocycles. The SMILES string of the molecule is N#Cc1c(-n2c3ccccc3c3c4ccc(-n5c6ccccc6c6c7ccccc7ccc65)cc4ccc32)nc2ccccc2c1C#N.N#Cc1c(-n2c3ccccc3c3c4ccc(-n5c6ccccc6c6ccccc65)cc4ccc32)nc2ccccc2c1C#N.N#Cc1c(-n2c3ccccc3c3cc(-c4ccc5c6c7ccccc7ccc6n(-c6ccccc6)c5c4)ccc32)nc2ccccc2c1C#N. The molecule has 0 spiro atoms. The van der Waals surface area contributed by atoms with E-state index in [1.807, 2.05) is 129 Å². The van der Waals surface area contributed by atoms with Crippen LogP contribution >= 0.6 is 0 Å². The van der Waals surface area contributed by atoms with Crippen LogP contribution in [0.4, 0.5) is 0 Å². The third-order valence-electron chi connectivity index (χ3n) is 28.5. The van der Waals surface area contributed by atoms with Crippen LogP contribution in [0.3, 0.4) is 0 Å². The van der Waals surface area contributed by atoms with Crippen LogP contribution in [-0.4, -0.2) is 42.4 Å². The summed E-state index contributed by atoms with van der Waals surface area (Å²) in [6, 6.07) is 158. The molecule has 9 heterocycles. The molecule has 0 atom stereocenters. The van der Waals surface area contributed by atoms with E-state index in [4.69, 9.17) is 15.0 Å². The predicted molar refractivity (Wildman–Crippen MR) is 575 cm³/mol. The third-order valence-corrected chi connectivity index (χ3v) is 28.5. The van der Waals surface area contributed by atoms with E-state index in [0.717, 1.165) is 121 Å². The van der Waals surface area contributed by atoms with Gasteiger partial charge in [0.1, 0.15) is 53.1 Å². The second-order valence-corrected chi connectivity index (χ2v) is 35.8. The molecule has 0 bridgehead atoms. The number of nitrogens with zero attached hydrogens (tertiary/aromatic N) is 15. The predicted octanol–water partition coefficient (Wildman–Crippen LogP) is 30.8. The maximum Gasteiger partial charge on any atom is 0.157 e. The Bertz CT molecular complexity index is 10800. The number of aromatic nitrogens is 9. The standard InChI is InChI=1S/C45H25N5.C43H23N5.C39H21N5/c46-26-37-33-14-6-8-16-39(33)48-45(38(37)27-47)50-40-17-9-7-15-34(40)36-24-29(20-22-41(36)50)30-18-21-35-43(25-30)49(31-11-2-1-3-12-31)42-23-19-28-10-4-5-13-32(28)44(35)42;44-24-34-31-11-3-6-14-36(31)46-43(35(34)25-45)48-38-16-8-5-13-33(38)42-30-20-19-28(23-27(30)18-22-40(42)48)47-37-15-7-4-12-32(37)41-29-10-2-1-9-26(29)17-21-39(41)47;40-22-31-27-9-1-5-13-33(27)42-39(32(31)23-41)44-36-16-8-4-12-30(36)38-26-19-18-25(21-24(26)17-20-37(38)44)43-34-14-6-2-10-28(34)29-11-3-7-15-35(29)43/h1-25H;1-23H;1-21H. The molecule has 142 heavy (non-hydrogen) atoms. The van der Waals surface area contributed by atoms with Crippen LogP contribution in [0.5, 0.6) is 0 Å². The van der Waals surface area contributed by atoms with E-state index >= 15 is 0 Å². The van der Waals surface area contributed by atoms with Crippen molar-refractivity contribution < 1.29 is 0 Å². The summed E-state index contributed by atoms with van der Waals surface area (Å²) in [5, 5.41) is 86.8. The maximum atomic E-state index is 10.4. The first-order valence-electron chi connectivity index (χ1n) is 46.8. The summed E-state index contributed by atoms with van der Waals surface area (Å²) in [5.74, 6) is 1.39. The van der Waals surface area contributed by atoms with Gasteiger partial charge in [-0.1, -0.05) is 285 Å². The van der Waals surface area contributed by atoms with Gasteiger partial charge in [-0.15, -0.1) is 0 Å². The smallest absolute Gasteiger partial charge is 0.157 e. The lowest BCUT2D eigenvalue weighted by atomic mass is 9.99. The Balaban J connectivity index is 0.000000107.